The normalized spacial score (nSPS) is 14.3. The number of nitrogens with one attached hydrogen (secondary N) is 1. The van der Waals surface area contributed by atoms with E-state index in [1.165, 1.54) is 18.2 Å². The number of benzene rings is 1. The molecule has 8 nitrogen and oxygen atoms in total. The quantitative estimate of drug-likeness (QED) is 0.500. The first kappa shape index (κ1) is 16.6. The standard InChI is InChI=1S/C15H16N2O6/c18-13(9-23-15(20)10-4-1-2-5-10)16-14(19)11-6-3-7-12(8-11)17(21)22/h3,6-8,10H,1-2,4-5,9H2,(H,16,18,19). The number of carbonyl (C=O) groups excluding carboxylic acids is 3. The average molecular weight is 320 g/mol. The van der Waals surface area contributed by atoms with E-state index in [1.807, 2.05) is 5.32 Å². The van der Waals surface area contributed by atoms with E-state index in [0.717, 1.165) is 31.7 Å². The van der Waals surface area contributed by atoms with Crippen molar-refractivity contribution >= 4 is 23.5 Å². The van der Waals surface area contributed by atoms with Gasteiger partial charge in [-0.3, -0.25) is 29.8 Å². The Hall–Kier alpha value is -2.77. The molecule has 0 saturated heterocycles. The molecule has 0 unspecified atom stereocenters. The second kappa shape index (κ2) is 7.48. The van der Waals surface area contributed by atoms with Gasteiger partial charge >= 0.3 is 5.97 Å². The molecule has 1 aliphatic rings. The lowest BCUT2D eigenvalue weighted by Crippen LogP contribution is -2.34. The van der Waals surface area contributed by atoms with Gasteiger partial charge in [0, 0.05) is 17.7 Å². The molecule has 23 heavy (non-hydrogen) atoms. The van der Waals surface area contributed by atoms with Crippen molar-refractivity contribution in [2.24, 2.45) is 5.92 Å². The lowest BCUT2D eigenvalue weighted by molar-refractivity contribution is -0.384. The number of nitro benzene ring substituents is 1. The summed E-state index contributed by atoms with van der Waals surface area (Å²) in [5.41, 5.74) is -0.271. The number of amides is 2. The van der Waals surface area contributed by atoms with Crippen LogP contribution in [0.15, 0.2) is 24.3 Å². The third kappa shape index (κ3) is 4.60. The number of hydrogen-bond donors (Lipinski definition) is 1. The van der Waals surface area contributed by atoms with Crippen LogP contribution in [0.4, 0.5) is 5.69 Å². The first-order valence-corrected chi connectivity index (χ1v) is 7.22. The zero-order valence-corrected chi connectivity index (χ0v) is 12.3. The van der Waals surface area contributed by atoms with Crippen LogP contribution in [0.1, 0.15) is 36.0 Å². The molecule has 0 aromatic heterocycles. The molecule has 1 aromatic carbocycles. The second-order valence-corrected chi connectivity index (χ2v) is 5.27. The third-order valence-electron chi connectivity index (χ3n) is 3.61. The number of non-ortho nitro benzene ring substituents is 1. The summed E-state index contributed by atoms with van der Waals surface area (Å²) in [4.78, 5) is 45.1. The van der Waals surface area contributed by atoms with Gasteiger partial charge in [-0.2, -0.15) is 0 Å². The summed E-state index contributed by atoms with van der Waals surface area (Å²) in [5.74, 6) is -2.15. The van der Waals surface area contributed by atoms with Crippen molar-refractivity contribution in [1.82, 2.24) is 5.32 Å². The summed E-state index contributed by atoms with van der Waals surface area (Å²) >= 11 is 0. The molecule has 1 aromatic rings. The Kier molecular flexibility index (Phi) is 5.40. The van der Waals surface area contributed by atoms with E-state index < -0.39 is 29.3 Å². The van der Waals surface area contributed by atoms with Crippen LogP contribution in [0.3, 0.4) is 0 Å². The van der Waals surface area contributed by atoms with Crippen molar-refractivity contribution in [2.45, 2.75) is 25.7 Å². The number of nitrogens with zero attached hydrogens (tertiary/aromatic N) is 1. The van der Waals surface area contributed by atoms with Crippen LogP contribution in [0.5, 0.6) is 0 Å². The van der Waals surface area contributed by atoms with Crippen molar-refractivity contribution in [1.29, 1.82) is 0 Å². The van der Waals surface area contributed by atoms with Gasteiger partial charge in [0.05, 0.1) is 10.8 Å². The molecule has 0 spiro atoms. The van der Waals surface area contributed by atoms with E-state index in [-0.39, 0.29) is 17.2 Å². The molecule has 0 atom stereocenters. The lowest BCUT2D eigenvalue weighted by atomic mass is 10.1. The Labute approximate surface area is 132 Å². The topological polar surface area (TPSA) is 116 Å². The van der Waals surface area contributed by atoms with Crippen LogP contribution in [-0.2, 0) is 14.3 Å². The smallest absolute Gasteiger partial charge is 0.309 e. The molecule has 0 bridgehead atoms. The molecule has 8 heteroatoms. The monoisotopic (exact) mass is 320 g/mol. The highest BCUT2D eigenvalue weighted by atomic mass is 16.6. The summed E-state index contributed by atoms with van der Waals surface area (Å²) in [5, 5.41) is 12.7. The highest BCUT2D eigenvalue weighted by molar-refractivity contribution is 6.05. The van der Waals surface area contributed by atoms with E-state index in [0.29, 0.717) is 0 Å². The minimum absolute atomic E-state index is 0.0188. The SMILES string of the molecule is O=C(COC(=O)C1CCCC1)NC(=O)c1cccc([N+](=O)[O-])c1. The van der Waals surface area contributed by atoms with Crippen LogP contribution >= 0.6 is 0 Å². The van der Waals surface area contributed by atoms with Crippen LogP contribution in [0.25, 0.3) is 0 Å². The summed E-state index contributed by atoms with van der Waals surface area (Å²) in [6, 6.07) is 4.99. The fraction of sp³-hybridized carbons (Fsp3) is 0.400. The predicted octanol–water partition coefficient (Wildman–Crippen LogP) is 1.58. The molecular formula is C15H16N2O6. The second-order valence-electron chi connectivity index (χ2n) is 5.27. The van der Waals surface area contributed by atoms with Gasteiger partial charge in [0.15, 0.2) is 6.61 Å². The summed E-state index contributed by atoms with van der Waals surface area (Å²) < 4.78 is 4.88. The predicted molar refractivity (Wildman–Crippen MR) is 78.5 cm³/mol. The number of esters is 1. The summed E-state index contributed by atoms with van der Waals surface area (Å²) in [6.45, 7) is -0.546. The number of hydrogen-bond acceptors (Lipinski definition) is 6. The Bertz CT molecular complexity index is 637. The summed E-state index contributed by atoms with van der Waals surface area (Å²) in [6.07, 6.45) is 3.45. The van der Waals surface area contributed by atoms with Crippen LogP contribution in [0, 0.1) is 16.0 Å². The Morgan fingerprint density at radius 3 is 2.61 bits per heavy atom. The fourth-order valence-electron chi connectivity index (χ4n) is 2.41. The molecule has 122 valence electrons. The zero-order valence-electron chi connectivity index (χ0n) is 12.3. The van der Waals surface area contributed by atoms with Gasteiger partial charge in [-0.15, -0.1) is 0 Å². The van der Waals surface area contributed by atoms with Crippen molar-refractivity contribution in [3.05, 3.63) is 39.9 Å². The number of ether oxygens (including phenoxy) is 1. The molecule has 0 heterocycles. The molecule has 1 aliphatic carbocycles. The molecule has 0 radical (unpaired) electrons. The number of carbonyl (C=O) groups is 3. The van der Waals surface area contributed by atoms with Crippen molar-refractivity contribution in [2.75, 3.05) is 6.61 Å². The maximum atomic E-state index is 11.8. The van der Waals surface area contributed by atoms with Gasteiger partial charge in [-0.25, -0.2) is 0 Å². The number of nitro groups is 1. The van der Waals surface area contributed by atoms with Gasteiger partial charge in [-0.1, -0.05) is 18.9 Å². The van der Waals surface area contributed by atoms with Crippen molar-refractivity contribution in [3.63, 3.8) is 0 Å². The summed E-state index contributed by atoms with van der Waals surface area (Å²) in [7, 11) is 0. The van der Waals surface area contributed by atoms with Gasteiger partial charge < -0.3 is 4.74 Å². The Morgan fingerprint density at radius 2 is 1.96 bits per heavy atom. The van der Waals surface area contributed by atoms with E-state index >= 15 is 0 Å². The number of rotatable bonds is 5. The van der Waals surface area contributed by atoms with E-state index in [4.69, 9.17) is 4.74 Å². The van der Waals surface area contributed by atoms with Gasteiger partial charge in [0.2, 0.25) is 0 Å². The third-order valence-corrected chi connectivity index (χ3v) is 3.61. The minimum Gasteiger partial charge on any atom is -0.455 e. The van der Waals surface area contributed by atoms with Crippen molar-refractivity contribution in [3.8, 4) is 0 Å². The Morgan fingerprint density at radius 1 is 1.26 bits per heavy atom. The molecule has 2 rings (SSSR count). The molecular weight excluding hydrogens is 304 g/mol. The van der Waals surface area contributed by atoms with E-state index in [2.05, 4.69) is 0 Å². The maximum absolute atomic E-state index is 11.8. The van der Waals surface area contributed by atoms with Gasteiger partial charge in [0.1, 0.15) is 0 Å². The number of imide groups is 1. The van der Waals surface area contributed by atoms with E-state index in [1.54, 1.807) is 0 Å². The highest BCUT2D eigenvalue weighted by Crippen LogP contribution is 2.25. The molecule has 2 amide bonds. The average Bonchev–Trinajstić information content (AvgIpc) is 3.07. The first-order chi connectivity index (χ1) is 11.0. The van der Waals surface area contributed by atoms with E-state index in [9.17, 15) is 24.5 Å². The largest absolute Gasteiger partial charge is 0.455 e. The van der Waals surface area contributed by atoms with Gasteiger partial charge in [-0.05, 0) is 18.9 Å². The lowest BCUT2D eigenvalue weighted by Gasteiger charge is -2.09. The zero-order chi connectivity index (χ0) is 16.8. The highest BCUT2D eigenvalue weighted by Gasteiger charge is 2.25. The first-order valence-electron chi connectivity index (χ1n) is 7.22. The van der Waals surface area contributed by atoms with Crippen molar-refractivity contribution < 1.29 is 24.0 Å². The molecule has 1 saturated carbocycles. The minimum atomic E-state index is -0.782. The van der Waals surface area contributed by atoms with Crippen LogP contribution < -0.4 is 5.32 Å². The van der Waals surface area contributed by atoms with Crippen LogP contribution in [-0.4, -0.2) is 29.3 Å². The molecule has 1 N–H and O–H groups in total. The maximum Gasteiger partial charge on any atom is 0.309 e. The fourth-order valence-corrected chi connectivity index (χ4v) is 2.41. The Balaban J connectivity index is 1.84. The van der Waals surface area contributed by atoms with Gasteiger partial charge in [0.25, 0.3) is 17.5 Å². The molecule has 1 fully saturated rings. The molecule has 0 aliphatic heterocycles. The van der Waals surface area contributed by atoms with Crippen LogP contribution in [0.2, 0.25) is 0 Å².